The van der Waals surface area contributed by atoms with Crippen LogP contribution in [0, 0.1) is 0 Å². The first kappa shape index (κ1) is 14.7. The maximum atomic E-state index is 10.7. The van der Waals surface area contributed by atoms with Crippen molar-refractivity contribution in [3.8, 4) is 0 Å². The predicted octanol–water partition coefficient (Wildman–Crippen LogP) is 1.02. The van der Waals surface area contributed by atoms with Crippen molar-refractivity contribution in [2.24, 2.45) is 5.73 Å². The smallest absolute Gasteiger partial charge is 0.305 e. The summed E-state index contributed by atoms with van der Waals surface area (Å²) in [6, 6.07) is 0. The number of nitrogens with two attached hydrogens (primary N) is 1. The summed E-state index contributed by atoms with van der Waals surface area (Å²) in [5, 5.41) is 0. The number of carbonyl (C=O) groups is 2. The van der Waals surface area contributed by atoms with Crippen LogP contribution in [0.4, 0.5) is 0 Å². The second-order valence-electron chi connectivity index (χ2n) is 2.48. The van der Waals surface area contributed by atoms with Gasteiger partial charge in [-0.3, -0.25) is 9.59 Å². The summed E-state index contributed by atoms with van der Waals surface area (Å²) in [5.41, 5.74) is 4.91. The highest BCUT2D eigenvalue weighted by atomic mass is 35.5. The second-order valence-corrected chi connectivity index (χ2v) is 2.48. The number of rotatable bonds is 6. The van der Waals surface area contributed by atoms with Gasteiger partial charge >= 0.3 is 5.97 Å². The number of unbranched alkanes of at least 4 members (excludes halogenated alkanes) is 1. The lowest BCUT2D eigenvalue weighted by Gasteiger charge is -1.99. The Balaban J connectivity index is 0. The van der Waals surface area contributed by atoms with E-state index in [1.54, 1.807) is 6.92 Å². The number of carbonyl (C=O) groups excluding carboxylic acids is 2. The van der Waals surface area contributed by atoms with E-state index in [-0.39, 0.29) is 24.3 Å². The molecule has 0 aromatic rings. The zero-order valence-electron chi connectivity index (χ0n) is 7.75. The molecule has 2 N–H and O–H groups in total. The van der Waals surface area contributed by atoms with Crippen molar-refractivity contribution in [3.63, 3.8) is 0 Å². The molecule has 0 heterocycles. The standard InChI is InChI=1S/C8H15NO3.ClH/c1-2-12-8(11)6-4-3-5-7(9)10;/h2-6H2,1H3,(H2,9,10);1H. The molecular formula is C8H16ClNO3. The number of amides is 1. The Morgan fingerprint density at radius 3 is 2.23 bits per heavy atom. The van der Waals surface area contributed by atoms with Gasteiger partial charge in [0.1, 0.15) is 0 Å². The van der Waals surface area contributed by atoms with Crippen molar-refractivity contribution in [1.82, 2.24) is 0 Å². The Labute approximate surface area is 84.2 Å². The van der Waals surface area contributed by atoms with E-state index >= 15 is 0 Å². The zero-order valence-corrected chi connectivity index (χ0v) is 8.56. The molecule has 1 amide bonds. The van der Waals surface area contributed by atoms with Crippen LogP contribution in [-0.4, -0.2) is 18.5 Å². The number of hydrogen-bond acceptors (Lipinski definition) is 3. The fourth-order valence-corrected chi connectivity index (χ4v) is 0.802. The number of ether oxygens (including phenoxy) is 1. The van der Waals surface area contributed by atoms with E-state index in [4.69, 9.17) is 10.5 Å². The molecule has 0 unspecified atom stereocenters. The molecular weight excluding hydrogens is 194 g/mol. The number of halogens is 1. The van der Waals surface area contributed by atoms with Crippen LogP contribution in [-0.2, 0) is 14.3 Å². The van der Waals surface area contributed by atoms with Gasteiger partial charge < -0.3 is 10.5 Å². The summed E-state index contributed by atoms with van der Waals surface area (Å²) >= 11 is 0. The molecule has 0 saturated heterocycles. The average molecular weight is 210 g/mol. The maximum absolute atomic E-state index is 10.7. The SMILES string of the molecule is CCOC(=O)CCCCC(N)=O.Cl. The first-order valence-corrected chi connectivity index (χ1v) is 4.10. The third-order valence-electron chi connectivity index (χ3n) is 1.36. The minimum Gasteiger partial charge on any atom is -0.466 e. The van der Waals surface area contributed by atoms with Crippen molar-refractivity contribution < 1.29 is 14.3 Å². The van der Waals surface area contributed by atoms with E-state index in [2.05, 4.69) is 0 Å². The molecule has 0 bridgehead atoms. The summed E-state index contributed by atoms with van der Waals surface area (Å²) in [5.74, 6) is -0.527. The normalized spacial score (nSPS) is 8.69. The average Bonchev–Trinajstić information content (AvgIpc) is 1.98. The maximum Gasteiger partial charge on any atom is 0.305 e. The van der Waals surface area contributed by atoms with Crippen LogP contribution < -0.4 is 5.73 Å². The monoisotopic (exact) mass is 209 g/mol. The van der Waals surface area contributed by atoms with Gasteiger partial charge in [-0.2, -0.15) is 0 Å². The van der Waals surface area contributed by atoms with Crippen LogP contribution in [0.2, 0.25) is 0 Å². The van der Waals surface area contributed by atoms with E-state index < -0.39 is 0 Å². The van der Waals surface area contributed by atoms with Crippen LogP contribution in [0.1, 0.15) is 32.6 Å². The molecule has 0 saturated carbocycles. The van der Waals surface area contributed by atoms with Gasteiger partial charge in [-0.15, -0.1) is 12.4 Å². The van der Waals surface area contributed by atoms with Gasteiger partial charge in [-0.05, 0) is 19.8 Å². The fourth-order valence-electron chi connectivity index (χ4n) is 0.802. The lowest BCUT2D eigenvalue weighted by molar-refractivity contribution is -0.143. The first-order chi connectivity index (χ1) is 5.66. The molecule has 4 nitrogen and oxygen atoms in total. The number of hydrogen-bond donors (Lipinski definition) is 1. The largest absolute Gasteiger partial charge is 0.466 e. The first-order valence-electron chi connectivity index (χ1n) is 4.10. The molecule has 0 atom stereocenters. The molecule has 0 aromatic heterocycles. The van der Waals surface area contributed by atoms with Crippen molar-refractivity contribution in [1.29, 1.82) is 0 Å². The molecule has 0 rings (SSSR count). The van der Waals surface area contributed by atoms with E-state index in [0.717, 1.165) is 0 Å². The van der Waals surface area contributed by atoms with Gasteiger partial charge in [0, 0.05) is 12.8 Å². The Kier molecular flexibility index (Phi) is 10.6. The Hall–Kier alpha value is -0.770. The van der Waals surface area contributed by atoms with Gasteiger partial charge in [-0.1, -0.05) is 0 Å². The summed E-state index contributed by atoms with van der Waals surface area (Å²) in [6.45, 7) is 2.18. The minimum atomic E-state index is -0.321. The molecule has 0 aromatic carbocycles. The highest BCUT2D eigenvalue weighted by molar-refractivity contribution is 5.85. The summed E-state index contributed by atoms with van der Waals surface area (Å²) in [6.07, 6.45) is 2.05. The molecule has 78 valence electrons. The highest BCUT2D eigenvalue weighted by Crippen LogP contribution is 2.00. The van der Waals surface area contributed by atoms with Crippen molar-refractivity contribution >= 4 is 24.3 Å². The molecule has 0 aliphatic rings. The zero-order chi connectivity index (χ0) is 9.40. The number of primary amides is 1. The van der Waals surface area contributed by atoms with Crippen molar-refractivity contribution in [2.45, 2.75) is 32.6 Å². The highest BCUT2D eigenvalue weighted by Gasteiger charge is 2.01. The summed E-state index contributed by atoms with van der Waals surface area (Å²) < 4.78 is 4.69. The molecule has 0 radical (unpaired) electrons. The second kappa shape index (κ2) is 9.32. The van der Waals surface area contributed by atoms with E-state index in [9.17, 15) is 9.59 Å². The third-order valence-corrected chi connectivity index (χ3v) is 1.36. The Bertz CT molecular complexity index is 161. The van der Waals surface area contributed by atoms with Gasteiger partial charge in [0.15, 0.2) is 0 Å². The lowest BCUT2D eigenvalue weighted by Crippen LogP contribution is -2.10. The van der Waals surface area contributed by atoms with Crippen LogP contribution >= 0.6 is 12.4 Å². The van der Waals surface area contributed by atoms with Crippen LogP contribution in [0.3, 0.4) is 0 Å². The molecule has 0 aliphatic heterocycles. The Morgan fingerprint density at radius 1 is 1.23 bits per heavy atom. The summed E-state index contributed by atoms with van der Waals surface area (Å²) in [4.78, 5) is 21.0. The van der Waals surface area contributed by atoms with Crippen LogP contribution in [0.25, 0.3) is 0 Å². The summed E-state index contributed by atoms with van der Waals surface area (Å²) in [7, 11) is 0. The number of esters is 1. The van der Waals surface area contributed by atoms with Gasteiger partial charge in [0.05, 0.1) is 6.61 Å². The fraction of sp³-hybridized carbons (Fsp3) is 0.750. The van der Waals surface area contributed by atoms with Crippen molar-refractivity contribution in [2.75, 3.05) is 6.61 Å². The van der Waals surface area contributed by atoms with E-state index in [1.165, 1.54) is 0 Å². The topological polar surface area (TPSA) is 69.4 Å². The van der Waals surface area contributed by atoms with Gasteiger partial charge in [0.25, 0.3) is 0 Å². The van der Waals surface area contributed by atoms with Crippen molar-refractivity contribution in [3.05, 3.63) is 0 Å². The molecule has 0 fully saturated rings. The minimum absolute atomic E-state index is 0. The molecule has 0 aliphatic carbocycles. The third kappa shape index (κ3) is 11.2. The van der Waals surface area contributed by atoms with Gasteiger partial charge in [0.2, 0.25) is 5.91 Å². The molecule has 0 spiro atoms. The predicted molar refractivity (Wildman–Crippen MR) is 51.5 cm³/mol. The van der Waals surface area contributed by atoms with Crippen LogP contribution in [0.15, 0.2) is 0 Å². The molecule has 5 heteroatoms. The van der Waals surface area contributed by atoms with Crippen LogP contribution in [0.5, 0.6) is 0 Å². The quantitative estimate of drug-likeness (QED) is 0.525. The van der Waals surface area contributed by atoms with Gasteiger partial charge in [-0.25, -0.2) is 0 Å². The lowest BCUT2D eigenvalue weighted by atomic mass is 10.2. The van der Waals surface area contributed by atoms with E-state index in [1.807, 2.05) is 0 Å². The molecule has 13 heavy (non-hydrogen) atoms. The Morgan fingerprint density at radius 2 is 1.77 bits per heavy atom. The van der Waals surface area contributed by atoms with E-state index in [0.29, 0.717) is 32.3 Å².